The normalized spacial score (nSPS) is 25.4. The van der Waals surface area contributed by atoms with Gasteiger partial charge in [0, 0.05) is 12.3 Å². The number of Topliss-reactive ketones (excluding diaryl/α,β-unsaturated/α-hetero) is 1. The number of allylic oxidation sites excluding steroid dienone is 5. The zero-order chi connectivity index (χ0) is 27.4. The van der Waals surface area contributed by atoms with Crippen LogP contribution < -0.4 is 0 Å². The van der Waals surface area contributed by atoms with E-state index in [1.165, 1.54) is 72.8 Å². The average Bonchev–Trinajstić information content (AvgIpc) is 3.61. The van der Waals surface area contributed by atoms with Crippen molar-refractivity contribution in [3.8, 4) is 0 Å². The van der Waals surface area contributed by atoms with Crippen LogP contribution in [0.4, 0.5) is 0 Å². The molecule has 1 nitrogen and oxygen atoms in total. The second kappa shape index (κ2) is 12.7. The van der Waals surface area contributed by atoms with Crippen molar-refractivity contribution in [3.63, 3.8) is 0 Å². The van der Waals surface area contributed by atoms with Gasteiger partial charge >= 0.3 is 0 Å². The van der Waals surface area contributed by atoms with Gasteiger partial charge in [-0.25, -0.2) is 0 Å². The molecule has 1 heteroatoms. The molecule has 2 saturated carbocycles. The molecule has 2 aromatic rings. The number of benzene rings is 2. The average molecular weight is 521 g/mol. The summed E-state index contributed by atoms with van der Waals surface area (Å²) >= 11 is 0. The largest absolute Gasteiger partial charge is 0.295 e. The van der Waals surface area contributed by atoms with Gasteiger partial charge in [-0.15, -0.1) is 0 Å². The first-order valence-corrected chi connectivity index (χ1v) is 15.7. The van der Waals surface area contributed by atoms with Gasteiger partial charge in [-0.1, -0.05) is 99.5 Å². The Morgan fingerprint density at radius 2 is 1.85 bits per heavy atom. The van der Waals surface area contributed by atoms with Crippen LogP contribution in [0, 0.1) is 17.8 Å². The minimum absolute atomic E-state index is 0.310. The lowest BCUT2D eigenvalue weighted by Crippen LogP contribution is -2.13. The summed E-state index contributed by atoms with van der Waals surface area (Å²) in [5, 5.41) is 0. The topological polar surface area (TPSA) is 17.1 Å². The summed E-state index contributed by atoms with van der Waals surface area (Å²) < 4.78 is 0. The molecule has 5 rings (SSSR count). The number of hydrogen-bond acceptors (Lipinski definition) is 1. The number of rotatable bonds is 12. The van der Waals surface area contributed by atoms with E-state index in [0.717, 1.165) is 35.7 Å². The lowest BCUT2D eigenvalue weighted by Gasteiger charge is -2.24. The number of hydrogen-bond donors (Lipinski definition) is 0. The SMILES string of the molecule is CC=CC=C(C)C(=O)CCCC(CCC)C1CC(C)C(c2ccc3c(c2)C=CC3c2cccc(C3CC3)c2)C1. The summed E-state index contributed by atoms with van der Waals surface area (Å²) in [5.74, 6) is 4.40. The first kappa shape index (κ1) is 27.9. The van der Waals surface area contributed by atoms with Gasteiger partial charge in [0.25, 0.3) is 0 Å². The minimum Gasteiger partial charge on any atom is -0.295 e. The summed E-state index contributed by atoms with van der Waals surface area (Å²) in [6.45, 7) is 8.74. The van der Waals surface area contributed by atoms with Gasteiger partial charge in [0.2, 0.25) is 0 Å². The van der Waals surface area contributed by atoms with E-state index in [4.69, 9.17) is 0 Å². The molecule has 2 fully saturated rings. The molecule has 0 bridgehead atoms. The standard InChI is InChI=1S/C38H48O/c1-5-7-11-26(3)38(39)15-9-12-28(10-6-2)34-22-27(4)37(25-34)33-19-21-36-32(24-33)18-20-35(36)31-14-8-13-30(23-31)29-16-17-29/h5,7-8,11,13-14,18-21,23-24,27-29,34-35,37H,6,9-10,12,15-17,22,25H2,1-4H3. The number of fused-ring (bicyclic) bond motifs is 1. The molecule has 206 valence electrons. The maximum Gasteiger partial charge on any atom is 0.158 e. The van der Waals surface area contributed by atoms with E-state index in [2.05, 4.69) is 68.5 Å². The van der Waals surface area contributed by atoms with Crippen molar-refractivity contribution in [2.75, 3.05) is 0 Å². The van der Waals surface area contributed by atoms with Crippen LogP contribution in [0.1, 0.15) is 131 Å². The molecule has 3 aliphatic rings. The van der Waals surface area contributed by atoms with Crippen LogP contribution in [0.5, 0.6) is 0 Å². The first-order valence-electron chi connectivity index (χ1n) is 15.7. The van der Waals surface area contributed by atoms with Crippen molar-refractivity contribution in [3.05, 3.63) is 100 Å². The van der Waals surface area contributed by atoms with Gasteiger partial charge in [0.05, 0.1) is 0 Å². The van der Waals surface area contributed by atoms with E-state index in [1.54, 1.807) is 0 Å². The van der Waals surface area contributed by atoms with Gasteiger partial charge in [0.1, 0.15) is 0 Å². The highest BCUT2D eigenvalue weighted by molar-refractivity contribution is 5.94. The molecule has 3 aliphatic carbocycles. The van der Waals surface area contributed by atoms with Crippen LogP contribution in [0.3, 0.4) is 0 Å². The molecule has 5 unspecified atom stereocenters. The van der Waals surface area contributed by atoms with Crippen LogP contribution in [0.25, 0.3) is 6.08 Å². The fourth-order valence-corrected chi connectivity index (χ4v) is 7.46. The number of ketones is 1. The van der Waals surface area contributed by atoms with Gasteiger partial charge in [-0.05, 0) is 115 Å². The van der Waals surface area contributed by atoms with E-state index in [1.807, 2.05) is 32.1 Å². The molecule has 0 amide bonds. The molecule has 0 saturated heterocycles. The monoisotopic (exact) mass is 520 g/mol. The summed E-state index contributed by atoms with van der Waals surface area (Å²) in [6.07, 6.45) is 21.5. The van der Waals surface area contributed by atoms with Gasteiger partial charge in [0.15, 0.2) is 5.78 Å². The summed E-state index contributed by atoms with van der Waals surface area (Å²) in [6, 6.07) is 16.7. The zero-order valence-electron chi connectivity index (χ0n) is 24.7. The Kier molecular flexibility index (Phi) is 9.06. The van der Waals surface area contributed by atoms with Crippen LogP contribution in [-0.4, -0.2) is 5.78 Å². The first-order chi connectivity index (χ1) is 19.0. The quantitative estimate of drug-likeness (QED) is 0.201. The van der Waals surface area contributed by atoms with Crippen LogP contribution in [0.2, 0.25) is 0 Å². The van der Waals surface area contributed by atoms with Crippen LogP contribution in [-0.2, 0) is 4.79 Å². The molecule has 0 radical (unpaired) electrons. The van der Waals surface area contributed by atoms with E-state index in [9.17, 15) is 4.79 Å². The van der Waals surface area contributed by atoms with Crippen molar-refractivity contribution in [2.24, 2.45) is 17.8 Å². The van der Waals surface area contributed by atoms with Crippen molar-refractivity contribution >= 4 is 11.9 Å². The summed E-state index contributed by atoms with van der Waals surface area (Å²) in [5.41, 5.74) is 8.30. The molecule has 5 atom stereocenters. The van der Waals surface area contributed by atoms with E-state index in [0.29, 0.717) is 24.0 Å². The molecular weight excluding hydrogens is 472 g/mol. The van der Waals surface area contributed by atoms with Crippen molar-refractivity contribution in [1.29, 1.82) is 0 Å². The van der Waals surface area contributed by atoms with E-state index < -0.39 is 0 Å². The van der Waals surface area contributed by atoms with Crippen molar-refractivity contribution < 1.29 is 4.79 Å². The highest BCUT2D eigenvalue weighted by Gasteiger charge is 2.36. The predicted molar refractivity (Wildman–Crippen MR) is 166 cm³/mol. The lowest BCUT2D eigenvalue weighted by atomic mass is 9.82. The third-order valence-corrected chi connectivity index (χ3v) is 9.86. The zero-order valence-corrected chi connectivity index (χ0v) is 24.7. The number of carbonyl (C=O) groups is 1. The highest BCUT2D eigenvalue weighted by Crippen LogP contribution is 2.49. The van der Waals surface area contributed by atoms with Crippen molar-refractivity contribution in [2.45, 2.75) is 103 Å². The second-order valence-electron chi connectivity index (χ2n) is 12.7. The Hall–Kier alpha value is -2.67. The Bertz CT molecular complexity index is 1240. The lowest BCUT2D eigenvalue weighted by molar-refractivity contribution is -0.115. The van der Waals surface area contributed by atoms with E-state index >= 15 is 0 Å². The third kappa shape index (κ3) is 6.56. The smallest absolute Gasteiger partial charge is 0.158 e. The maximum absolute atomic E-state index is 12.5. The van der Waals surface area contributed by atoms with E-state index in [-0.39, 0.29) is 0 Å². The fraction of sp³-hybridized carbons (Fsp3) is 0.500. The molecule has 0 aromatic heterocycles. The second-order valence-corrected chi connectivity index (χ2v) is 12.7. The van der Waals surface area contributed by atoms with Gasteiger partial charge < -0.3 is 0 Å². The van der Waals surface area contributed by atoms with Crippen LogP contribution in [0.15, 0.2) is 72.3 Å². The third-order valence-electron chi connectivity index (χ3n) is 9.86. The molecule has 2 aromatic carbocycles. The van der Waals surface area contributed by atoms with Gasteiger partial charge in [-0.2, -0.15) is 0 Å². The molecule has 0 heterocycles. The van der Waals surface area contributed by atoms with Crippen LogP contribution >= 0.6 is 0 Å². The predicted octanol–water partition coefficient (Wildman–Crippen LogP) is 10.5. The highest BCUT2D eigenvalue weighted by atomic mass is 16.1. The minimum atomic E-state index is 0.310. The molecule has 0 N–H and O–H groups in total. The molecular formula is C38H48O. The Labute approximate surface area is 237 Å². The molecule has 0 aliphatic heterocycles. The van der Waals surface area contributed by atoms with Crippen molar-refractivity contribution in [1.82, 2.24) is 0 Å². The maximum atomic E-state index is 12.5. The van der Waals surface area contributed by atoms with Gasteiger partial charge in [-0.3, -0.25) is 4.79 Å². The molecule has 0 spiro atoms. The Morgan fingerprint density at radius 1 is 1.03 bits per heavy atom. The summed E-state index contributed by atoms with van der Waals surface area (Å²) in [4.78, 5) is 12.5. The summed E-state index contributed by atoms with van der Waals surface area (Å²) in [7, 11) is 0. The fourth-order valence-electron chi connectivity index (χ4n) is 7.46. The molecule has 39 heavy (non-hydrogen) atoms. The Morgan fingerprint density at radius 3 is 2.62 bits per heavy atom. The Balaban J connectivity index is 1.22. The number of carbonyl (C=O) groups excluding carboxylic acids is 1.